The molecule has 6 heteroatoms. The number of aromatic nitrogens is 1. The van der Waals surface area contributed by atoms with Gasteiger partial charge >= 0.3 is 0 Å². The molecule has 0 saturated carbocycles. The van der Waals surface area contributed by atoms with Crippen LogP contribution in [0.1, 0.15) is 6.92 Å². The Morgan fingerprint density at radius 1 is 1.76 bits per heavy atom. The smallest absolute Gasteiger partial charge is 0.234 e. The largest absolute Gasteiger partial charge is 0.379 e. The fraction of sp³-hybridized carbons (Fsp3) is 0.455. The number of hydrogen-bond donors (Lipinski definition) is 2. The van der Waals surface area contributed by atoms with Gasteiger partial charge in [-0.2, -0.15) is 0 Å². The fourth-order valence-electron chi connectivity index (χ4n) is 1.67. The first-order valence-corrected chi connectivity index (χ1v) is 5.67. The predicted octanol–water partition coefficient (Wildman–Crippen LogP) is 1.04. The van der Waals surface area contributed by atoms with E-state index in [0.717, 1.165) is 0 Å². The number of ether oxygens (including phenoxy) is 1. The third-order valence-corrected chi connectivity index (χ3v) is 3.34. The van der Waals surface area contributed by atoms with Gasteiger partial charge in [0.15, 0.2) is 5.15 Å². The third-order valence-electron chi connectivity index (χ3n) is 3.04. The molecule has 1 fully saturated rings. The van der Waals surface area contributed by atoms with E-state index in [-0.39, 0.29) is 17.1 Å². The Kier molecular flexibility index (Phi) is 3.33. The van der Waals surface area contributed by atoms with Gasteiger partial charge < -0.3 is 15.8 Å². The molecule has 0 radical (unpaired) electrons. The van der Waals surface area contributed by atoms with Crippen molar-refractivity contribution in [2.45, 2.75) is 13.0 Å². The van der Waals surface area contributed by atoms with Crippen LogP contribution < -0.4 is 11.1 Å². The van der Waals surface area contributed by atoms with E-state index in [2.05, 4.69) is 10.3 Å². The van der Waals surface area contributed by atoms with Gasteiger partial charge in [-0.1, -0.05) is 11.6 Å². The molecule has 0 aromatic carbocycles. The number of carbonyl (C=O) groups is 1. The van der Waals surface area contributed by atoms with Crippen molar-refractivity contribution in [1.82, 2.24) is 4.98 Å². The van der Waals surface area contributed by atoms with Crippen molar-refractivity contribution in [1.29, 1.82) is 0 Å². The topological polar surface area (TPSA) is 77.2 Å². The normalized spacial score (nSPS) is 28.1. The van der Waals surface area contributed by atoms with Crippen LogP contribution in [0.15, 0.2) is 18.3 Å². The Labute approximate surface area is 104 Å². The number of nitrogens with two attached hydrogens (primary N) is 1. The zero-order valence-corrected chi connectivity index (χ0v) is 10.2. The van der Waals surface area contributed by atoms with E-state index in [1.165, 1.54) is 0 Å². The van der Waals surface area contributed by atoms with Gasteiger partial charge in [0.2, 0.25) is 5.91 Å². The maximum Gasteiger partial charge on any atom is 0.234 e. The Balaban J connectivity index is 2.15. The summed E-state index contributed by atoms with van der Waals surface area (Å²) in [6.45, 7) is 2.49. The molecule has 5 nitrogen and oxygen atoms in total. The first-order valence-electron chi connectivity index (χ1n) is 5.29. The van der Waals surface area contributed by atoms with Crippen LogP contribution in [0.25, 0.3) is 0 Å². The average molecular weight is 256 g/mol. The van der Waals surface area contributed by atoms with Crippen LogP contribution in [0.3, 0.4) is 0 Å². The number of halogens is 1. The number of carbonyl (C=O) groups excluding carboxylic acids is 1. The molecule has 2 heterocycles. The first kappa shape index (κ1) is 12.3. The Bertz CT molecular complexity index is 440. The molecule has 1 amide bonds. The Hall–Kier alpha value is -1.17. The second kappa shape index (κ2) is 4.60. The minimum absolute atomic E-state index is 0.197. The summed E-state index contributed by atoms with van der Waals surface area (Å²) in [4.78, 5) is 16.0. The minimum Gasteiger partial charge on any atom is -0.379 e. The lowest BCUT2D eigenvalue weighted by molar-refractivity contribution is -0.125. The highest BCUT2D eigenvalue weighted by Crippen LogP contribution is 2.29. The van der Waals surface area contributed by atoms with Crippen molar-refractivity contribution in [2.24, 2.45) is 11.1 Å². The van der Waals surface area contributed by atoms with Crippen molar-refractivity contribution < 1.29 is 9.53 Å². The predicted molar refractivity (Wildman–Crippen MR) is 64.8 cm³/mol. The van der Waals surface area contributed by atoms with Gasteiger partial charge in [-0.15, -0.1) is 0 Å². The number of amides is 1. The van der Waals surface area contributed by atoms with E-state index in [9.17, 15) is 4.79 Å². The van der Waals surface area contributed by atoms with Gasteiger partial charge in [0.05, 0.1) is 24.3 Å². The summed E-state index contributed by atoms with van der Waals surface area (Å²) in [5.74, 6) is -0.197. The highest BCUT2D eigenvalue weighted by atomic mass is 35.5. The SMILES string of the molecule is CC1(C(=O)Nc2cccnc2Cl)COCC1N. The van der Waals surface area contributed by atoms with Crippen molar-refractivity contribution in [3.63, 3.8) is 0 Å². The molecule has 1 saturated heterocycles. The second-order valence-electron chi connectivity index (χ2n) is 4.33. The minimum atomic E-state index is -0.723. The summed E-state index contributed by atoms with van der Waals surface area (Å²) in [7, 11) is 0. The van der Waals surface area contributed by atoms with Crippen LogP contribution >= 0.6 is 11.6 Å². The number of rotatable bonds is 2. The zero-order chi connectivity index (χ0) is 12.5. The van der Waals surface area contributed by atoms with Gasteiger partial charge in [0.25, 0.3) is 0 Å². The summed E-state index contributed by atoms with van der Waals surface area (Å²) in [6, 6.07) is 3.09. The summed E-state index contributed by atoms with van der Waals surface area (Å²) in [5.41, 5.74) is 5.63. The highest BCUT2D eigenvalue weighted by molar-refractivity contribution is 6.32. The van der Waals surface area contributed by atoms with Crippen molar-refractivity contribution in [3.05, 3.63) is 23.5 Å². The summed E-state index contributed by atoms with van der Waals surface area (Å²) in [5, 5.41) is 2.99. The molecule has 1 aliphatic rings. The maximum absolute atomic E-state index is 12.1. The second-order valence-corrected chi connectivity index (χ2v) is 4.69. The molecule has 2 rings (SSSR count). The molecule has 1 aliphatic heterocycles. The Morgan fingerprint density at radius 3 is 3.12 bits per heavy atom. The van der Waals surface area contributed by atoms with Crippen LogP contribution in [0, 0.1) is 5.41 Å². The van der Waals surface area contributed by atoms with Gasteiger partial charge in [0, 0.05) is 12.2 Å². The van der Waals surface area contributed by atoms with E-state index < -0.39 is 5.41 Å². The zero-order valence-electron chi connectivity index (χ0n) is 9.44. The van der Waals surface area contributed by atoms with Crippen LogP contribution in [0.4, 0.5) is 5.69 Å². The molecular weight excluding hydrogens is 242 g/mol. The molecule has 17 heavy (non-hydrogen) atoms. The molecule has 3 N–H and O–H groups in total. The summed E-state index contributed by atoms with van der Waals surface area (Å²) in [6.07, 6.45) is 1.56. The quantitative estimate of drug-likeness (QED) is 0.774. The highest BCUT2D eigenvalue weighted by Gasteiger charge is 2.44. The van der Waals surface area contributed by atoms with Gasteiger partial charge in [-0.05, 0) is 19.1 Å². The maximum atomic E-state index is 12.1. The van der Waals surface area contributed by atoms with Gasteiger partial charge in [-0.3, -0.25) is 4.79 Å². The molecule has 0 aliphatic carbocycles. The number of pyridine rings is 1. The molecule has 0 spiro atoms. The van der Waals surface area contributed by atoms with Crippen molar-refractivity contribution in [3.8, 4) is 0 Å². The van der Waals surface area contributed by atoms with E-state index in [1.54, 1.807) is 25.3 Å². The third kappa shape index (κ3) is 2.26. The van der Waals surface area contributed by atoms with Crippen LogP contribution in [0.2, 0.25) is 5.15 Å². The molecular formula is C11H14ClN3O2. The lowest BCUT2D eigenvalue weighted by Gasteiger charge is -2.25. The molecule has 1 aromatic heterocycles. The van der Waals surface area contributed by atoms with E-state index in [4.69, 9.17) is 22.1 Å². The lowest BCUT2D eigenvalue weighted by atomic mass is 9.85. The van der Waals surface area contributed by atoms with E-state index >= 15 is 0 Å². The molecule has 1 aromatic rings. The molecule has 2 unspecified atom stereocenters. The van der Waals surface area contributed by atoms with E-state index in [1.807, 2.05) is 0 Å². The van der Waals surface area contributed by atoms with Crippen LogP contribution in [-0.2, 0) is 9.53 Å². The van der Waals surface area contributed by atoms with Crippen molar-refractivity contribution >= 4 is 23.2 Å². The molecule has 0 bridgehead atoms. The van der Waals surface area contributed by atoms with Crippen LogP contribution in [0.5, 0.6) is 0 Å². The molecule has 92 valence electrons. The molecule has 2 atom stereocenters. The fourth-order valence-corrected chi connectivity index (χ4v) is 1.83. The van der Waals surface area contributed by atoms with Crippen molar-refractivity contribution in [2.75, 3.05) is 18.5 Å². The number of nitrogens with one attached hydrogen (secondary N) is 1. The van der Waals surface area contributed by atoms with E-state index in [0.29, 0.717) is 18.9 Å². The van der Waals surface area contributed by atoms with Crippen LogP contribution in [-0.4, -0.2) is 30.1 Å². The number of nitrogens with zero attached hydrogens (tertiary/aromatic N) is 1. The first-order chi connectivity index (χ1) is 8.04. The Morgan fingerprint density at radius 2 is 2.53 bits per heavy atom. The lowest BCUT2D eigenvalue weighted by Crippen LogP contribution is -2.47. The van der Waals surface area contributed by atoms with Gasteiger partial charge in [-0.25, -0.2) is 4.98 Å². The summed E-state index contributed by atoms with van der Waals surface area (Å²) >= 11 is 5.87. The number of hydrogen-bond acceptors (Lipinski definition) is 4. The van der Waals surface area contributed by atoms with Gasteiger partial charge in [0.1, 0.15) is 0 Å². The standard InChI is InChI=1S/C11H14ClN3O2/c1-11(6-17-5-8(11)13)10(16)15-7-3-2-4-14-9(7)12/h2-4,8H,5-6,13H2,1H3,(H,15,16). The number of anilines is 1. The average Bonchev–Trinajstić information content (AvgIpc) is 2.64. The monoisotopic (exact) mass is 255 g/mol. The summed E-state index contributed by atoms with van der Waals surface area (Å²) < 4.78 is 5.23.